The summed E-state index contributed by atoms with van der Waals surface area (Å²) >= 11 is 4.62. The van der Waals surface area contributed by atoms with Gasteiger partial charge in [0.15, 0.2) is 5.11 Å². The summed E-state index contributed by atoms with van der Waals surface area (Å²) < 4.78 is 0. The highest BCUT2D eigenvalue weighted by molar-refractivity contribution is 7.80. The van der Waals surface area contributed by atoms with Crippen LogP contribution in [-0.4, -0.2) is 41.6 Å². The summed E-state index contributed by atoms with van der Waals surface area (Å²) in [6, 6.07) is 0.190. The number of thiocarbonyl (C=S) groups is 1. The van der Waals surface area contributed by atoms with Crippen LogP contribution in [0.4, 0.5) is 0 Å². The number of likely N-dealkylation sites (tertiary alicyclic amines) is 1. The van der Waals surface area contributed by atoms with Crippen molar-refractivity contribution in [1.29, 1.82) is 0 Å². The third-order valence-corrected chi connectivity index (χ3v) is 2.53. The highest BCUT2D eigenvalue weighted by Gasteiger charge is 2.26. The maximum Gasteiger partial charge on any atom is 0.242 e. The Balaban J connectivity index is 2.39. The molecule has 1 unspecified atom stereocenters. The van der Waals surface area contributed by atoms with Gasteiger partial charge in [0.25, 0.3) is 0 Å². The Morgan fingerprint density at radius 2 is 2.36 bits per heavy atom. The van der Waals surface area contributed by atoms with E-state index in [4.69, 9.17) is 11.5 Å². The van der Waals surface area contributed by atoms with Crippen molar-refractivity contribution < 1.29 is 4.79 Å². The van der Waals surface area contributed by atoms with E-state index in [1.165, 1.54) is 0 Å². The number of carbonyl (C=O) groups is 1. The summed E-state index contributed by atoms with van der Waals surface area (Å²) in [5, 5.41) is 2.80. The van der Waals surface area contributed by atoms with E-state index in [-0.39, 0.29) is 23.6 Å². The fourth-order valence-electron chi connectivity index (χ4n) is 1.67. The smallest absolute Gasteiger partial charge is 0.242 e. The lowest BCUT2D eigenvalue weighted by Crippen LogP contribution is -2.45. The zero-order valence-electron chi connectivity index (χ0n) is 8.03. The maximum absolute atomic E-state index is 11.6. The van der Waals surface area contributed by atoms with Crippen LogP contribution in [0.15, 0.2) is 0 Å². The number of nitrogens with one attached hydrogen (secondary N) is 1. The molecule has 0 aliphatic carbocycles. The SMILES string of the molecule is NCC1CCCN1C(=O)CNC(N)=S. The first kappa shape index (κ1) is 11.2. The summed E-state index contributed by atoms with van der Waals surface area (Å²) in [5.74, 6) is 0.0192. The van der Waals surface area contributed by atoms with Crippen LogP contribution in [0.3, 0.4) is 0 Å². The lowest BCUT2D eigenvalue weighted by atomic mass is 10.2. The molecule has 1 fully saturated rings. The molecule has 5 N–H and O–H groups in total. The van der Waals surface area contributed by atoms with E-state index in [9.17, 15) is 4.79 Å². The summed E-state index contributed by atoms with van der Waals surface area (Å²) in [6.07, 6.45) is 2.02. The third-order valence-electron chi connectivity index (χ3n) is 2.38. The molecule has 0 aromatic rings. The Kier molecular flexibility index (Phi) is 4.09. The standard InChI is InChI=1S/C8H16N4OS/c9-4-6-2-1-3-12(6)7(13)5-11-8(10)14/h6H,1-5,9H2,(H3,10,11,14). The molecule has 1 amide bonds. The molecule has 6 heteroatoms. The van der Waals surface area contributed by atoms with Crippen molar-refractivity contribution in [1.82, 2.24) is 10.2 Å². The van der Waals surface area contributed by atoms with Crippen LogP contribution in [-0.2, 0) is 4.79 Å². The largest absolute Gasteiger partial charge is 0.376 e. The zero-order valence-corrected chi connectivity index (χ0v) is 8.85. The second kappa shape index (κ2) is 5.11. The minimum absolute atomic E-state index is 0.0192. The molecule has 5 nitrogen and oxygen atoms in total. The lowest BCUT2D eigenvalue weighted by molar-refractivity contribution is -0.130. The normalized spacial score (nSPS) is 20.9. The van der Waals surface area contributed by atoms with Gasteiger partial charge in [0, 0.05) is 19.1 Å². The van der Waals surface area contributed by atoms with Crippen LogP contribution >= 0.6 is 12.2 Å². The molecule has 0 aromatic carbocycles. The molecular weight excluding hydrogens is 200 g/mol. The van der Waals surface area contributed by atoms with E-state index in [2.05, 4.69) is 17.5 Å². The first-order chi connectivity index (χ1) is 6.65. The van der Waals surface area contributed by atoms with Crippen LogP contribution in [0, 0.1) is 0 Å². The summed E-state index contributed by atoms with van der Waals surface area (Å²) in [6.45, 7) is 1.49. The van der Waals surface area contributed by atoms with Gasteiger partial charge < -0.3 is 21.7 Å². The molecular formula is C8H16N4OS. The van der Waals surface area contributed by atoms with Gasteiger partial charge in [-0.15, -0.1) is 0 Å². The van der Waals surface area contributed by atoms with Crippen LogP contribution < -0.4 is 16.8 Å². The second-order valence-electron chi connectivity index (χ2n) is 3.34. The Hall–Kier alpha value is -0.880. The summed E-state index contributed by atoms with van der Waals surface area (Å²) in [7, 11) is 0. The topological polar surface area (TPSA) is 84.4 Å². The fraction of sp³-hybridized carbons (Fsp3) is 0.750. The minimum Gasteiger partial charge on any atom is -0.376 e. The molecule has 1 atom stereocenters. The third kappa shape index (κ3) is 2.81. The molecule has 0 radical (unpaired) electrons. The Bertz CT molecular complexity index is 233. The molecule has 14 heavy (non-hydrogen) atoms. The van der Waals surface area contributed by atoms with E-state index in [1.54, 1.807) is 4.90 Å². The Labute approximate surface area is 88.8 Å². The van der Waals surface area contributed by atoms with Crippen LogP contribution in [0.1, 0.15) is 12.8 Å². The first-order valence-corrected chi connectivity index (χ1v) is 5.09. The Morgan fingerprint density at radius 3 is 2.93 bits per heavy atom. The molecule has 1 rings (SSSR count). The van der Waals surface area contributed by atoms with Crippen LogP contribution in [0.25, 0.3) is 0 Å². The molecule has 0 spiro atoms. The Morgan fingerprint density at radius 1 is 1.64 bits per heavy atom. The fourth-order valence-corrected chi connectivity index (χ4v) is 1.75. The van der Waals surface area contributed by atoms with Gasteiger partial charge in [-0.2, -0.15) is 0 Å². The molecule has 0 saturated carbocycles. The second-order valence-corrected chi connectivity index (χ2v) is 3.78. The van der Waals surface area contributed by atoms with E-state index in [0.29, 0.717) is 6.54 Å². The van der Waals surface area contributed by atoms with Crippen LogP contribution in [0.5, 0.6) is 0 Å². The number of hydrogen-bond acceptors (Lipinski definition) is 3. The average molecular weight is 216 g/mol. The van der Waals surface area contributed by atoms with Crippen molar-refractivity contribution in [3.63, 3.8) is 0 Å². The monoisotopic (exact) mass is 216 g/mol. The van der Waals surface area contributed by atoms with Crippen molar-refractivity contribution in [2.24, 2.45) is 11.5 Å². The molecule has 1 heterocycles. The highest BCUT2D eigenvalue weighted by atomic mass is 32.1. The van der Waals surface area contributed by atoms with Crippen molar-refractivity contribution in [2.45, 2.75) is 18.9 Å². The maximum atomic E-state index is 11.6. The molecule has 0 aromatic heterocycles. The van der Waals surface area contributed by atoms with E-state index in [0.717, 1.165) is 19.4 Å². The number of carbonyl (C=O) groups excluding carboxylic acids is 1. The zero-order chi connectivity index (χ0) is 10.6. The molecule has 0 bridgehead atoms. The predicted molar refractivity (Wildman–Crippen MR) is 58.6 cm³/mol. The van der Waals surface area contributed by atoms with Crippen molar-refractivity contribution in [2.75, 3.05) is 19.6 Å². The number of hydrogen-bond donors (Lipinski definition) is 3. The molecule has 1 aliphatic heterocycles. The van der Waals surface area contributed by atoms with Gasteiger partial charge in [0.05, 0.1) is 6.54 Å². The molecule has 1 saturated heterocycles. The van der Waals surface area contributed by atoms with Gasteiger partial charge in [0.1, 0.15) is 0 Å². The van der Waals surface area contributed by atoms with E-state index >= 15 is 0 Å². The van der Waals surface area contributed by atoms with Gasteiger partial charge in [-0.05, 0) is 25.1 Å². The van der Waals surface area contributed by atoms with Gasteiger partial charge in [-0.25, -0.2) is 0 Å². The number of nitrogens with zero attached hydrogens (tertiary/aromatic N) is 1. The summed E-state index contributed by atoms with van der Waals surface area (Å²) in [4.78, 5) is 13.4. The van der Waals surface area contributed by atoms with Gasteiger partial charge in [-0.3, -0.25) is 4.79 Å². The average Bonchev–Trinajstić information content (AvgIpc) is 2.61. The van der Waals surface area contributed by atoms with Gasteiger partial charge >= 0.3 is 0 Å². The van der Waals surface area contributed by atoms with E-state index < -0.39 is 0 Å². The van der Waals surface area contributed by atoms with Gasteiger partial charge in [0.2, 0.25) is 5.91 Å². The number of rotatable bonds is 3. The summed E-state index contributed by atoms with van der Waals surface area (Å²) in [5.41, 5.74) is 10.8. The number of amides is 1. The van der Waals surface area contributed by atoms with Crippen molar-refractivity contribution in [3.05, 3.63) is 0 Å². The van der Waals surface area contributed by atoms with Gasteiger partial charge in [-0.1, -0.05) is 0 Å². The van der Waals surface area contributed by atoms with Crippen molar-refractivity contribution >= 4 is 23.2 Å². The van der Waals surface area contributed by atoms with E-state index in [1.807, 2.05) is 0 Å². The van der Waals surface area contributed by atoms with Crippen LogP contribution in [0.2, 0.25) is 0 Å². The lowest BCUT2D eigenvalue weighted by Gasteiger charge is -2.23. The number of nitrogens with two attached hydrogens (primary N) is 2. The van der Waals surface area contributed by atoms with Crippen molar-refractivity contribution in [3.8, 4) is 0 Å². The predicted octanol–water partition coefficient (Wildman–Crippen LogP) is -1.23. The molecule has 80 valence electrons. The highest BCUT2D eigenvalue weighted by Crippen LogP contribution is 2.15. The quantitative estimate of drug-likeness (QED) is 0.514. The first-order valence-electron chi connectivity index (χ1n) is 4.68. The molecule has 1 aliphatic rings. The minimum atomic E-state index is 0.0192.